The highest BCUT2D eigenvalue weighted by atomic mass is 35.5. The fraction of sp³-hybridized carbons (Fsp3) is 0.273. The number of aromatic hydroxyl groups is 1. The van der Waals surface area contributed by atoms with Gasteiger partial charge in [0, 0.05) is 17.5 Å². The quantitative estimate of drug-likeness (QED) is 0.330. The first kappa shape index (κ1) is 21.3. The van der Waals surface area contributed by atoms with E-state index >= 15 is 0 Å². The van der Waals surface area contributed by atoms with Crippen LogP contribution in [0.4, 0.5) is 5.82 Å². The molecule has 1 amide bonds. The molecule has 160 valence electrons. The number of fused-ring (bicyclic) bond motifs is 1. The van der Waals surface area contributed by atoms with Gasteiger partial charge in [-0.2, -0.15) is 5.10 Å². The molecular formula is C22H22ClN5O2S. The Morgan fingerprint density at radius 3 is 2.74 bits per heavy atom. The SMILES string of the molecule is CCCCCCn1nc(NC(=O)c2cnsc2)c2cc(Cl)c(-c3ccc(O)cc3)nc21. The molecular weight excluding hydrogens is 434 g/mol. The van der Waals surface area contributed by atoms with Crippen LogP contribution in [0.3, 0.4) is 0 Å². The number of nitrogens with one attached hydrogen (secondary N) is 1. The number of halogens is 1. The van der Waals surface area contributed by atoms with Gasteiger partial charge in [0.2, 0.25) is 0 Å². The number of unbranched alkanes of at least 4 members (excludes halogenated alkanes) is 3. The molecule has 0 saturated heterocycles. The maximum absolute atomic E-state index is 12.6. The van der Waals surface area contributed by atoms with Gasteiger partial charge in [0.15, 0.2) is 11.5 Å². The summed E-state index contributed by atoms with van der Waals surface area (Å²) < 4.78 is 5.81. The van der Waals surface area contributed by atoms with Gasteiger partial charge in [0.05, 0.1) is 27.9 Å². The van der Waals surface area contributed by atoms with Crippen molar-refractivity contribution in [2.45, 2.75) is 39.2 Å². The van der Waals surface area contributed by atoms with Crippen LogP contribution in [0.25, 0.3) is 22.3 Å². The molecule has 3 heterocycles. The minimum absolute atomic E-state index is 0.176. The number of nitrogens with zero attached hydrogens (tertiary/aromatic N) is 4. The average molecular weight is 456 g/mol. The smallest absolute Gasteiger partial charge is 0.259 e. The fourth-order valence-electron chi connectivity index (χ4n) is 3.33. The van der Waals surface area contributed by atoms with Gasteiger partial charge in [-0.1, -0.05) is 37.8 Å². The highest BCUT2D eigenvalue weighted by molar-refractivity contribution is 7.03. The van der Waals surface area contributed by atoms with Gasteiger partial charge in [-0.25, -0.2) is 14.0 Å². The second-order valence-electron chi connectivity index (χ2n) is 7.24. The van der Waals surface area contributed by atoms with Crippen LogP contribution in [0.15, 0.2) is 41.9 Å². The molecule has 0 aliphatic heterocycles. The lowest BCUT2D eigenvalue weighted by Gasteiger charge is -2.07. The molecule has 0 spiro atoms. The Morgan fingerprint density at radius 2 is 2.03 bits per heavy atom. The maximum atomic E-state index is 12.6. The van der Waals surface area contributed by atoms with Gasteiger partial charge in [-0.15, -0.1) is 0 Å². The van der Waals surface area contributed by atoms with Crippen LogP contribution in [0.5, 0.6) is 5.75 Å². The normalized spacial score (nSPS) is 11.2. The van der Waals surface area contributed by atoms with E-state index in [0.717, 1.165) is 31.2 Å². The van der Waals surface area contributed by atoms with Crippen molar-refractivity contribution < 1.29 is 9.90 Å². The maximum Gasteiger partial charge on any atom is 0.259 e. The number of amides is 1. The van der Waals surface area contributed by atoms with E-state index in [1.54, 1.807) is 35.7 Å². The van der Waals surface area contributed by atoms with Crippen molar-refractivity contribution in [2.75, 3.05) is 5.32 Å². The first-order chi connectivity index (χ1) is 15.1. The molecule has 31 heavy (non-hydrogen) atoms. The number of carbonyl (C=O) groups is 1. The third-order valence-corrected chi connectivity index (χ3v) is 5.84. The van der Waals surface area contributed by atoms with Crippen molar-refractivity contribution in [1.29, 1.82) is 0 Å². The van der Waals surface area contributed by atoms with Crippen molar-refractivity contribution in [3.05, 3.63) is 52.5 Å². The van der Waals surface area contributed by atoms with E-state index in [1.807, 2.05) is 4.68 Å². The molecule has 0 fully saturated rings. The lowest BCUT2D eigenvalue weighted by molar-refractivity contribution is 0.102. The Bertz CT molecular complexity index is 1190. The molecule has 3 aromatic heterocycles. The van der Waals surface area contributed by atoms with E-state index in [2.05, 4.69) is 21.7 Å². The predicted octanol–water partition coefficient (Wildman–Crippen LogP) is 5.75. The number of carbonyl (C=O) groups excluding carboxylic acids is 1. The summed E-state index contributed by atoms with van der Waals surface area (Å²) >= 11 is 7.78. The third kappa shape index (κ3) is 4.70. The molecule has 0 aliphatic carbocycles. The summed E-state index contributed by atoms with van der Waals surface area (Å²) in [5.41, 5.74) is 2.53. The Labute approximate surface area is 188 Å². The minimum Gasteiger partial charge on any atom is -0.508 e. The zero-order valence-electron chi connectivity index (χ0n) is 17.0. The van der Waals surface area contributed by atoms with Crippen LogP contribution in [-0.2, 0) is 6.54 Å². The first-order valence-corrected chi connectivity index (χ1v) is 11.4. The summed E-state index contributed by atoms with van der Waals surface area (Å²) in [5.74, 6) is 0.327. The van der Waals surface area contributed by atoms with E-state index in [0.29, 0.717) is 39.7 Å². The predicted molar refractivity (Wildman–Crippen MR) is 124 cm³/mol. The molecule has 4 aromatic rings. The Morgan fingerprint density at radius 1 is 1.23 bits per heavy atom. The number of aryl methyl sites for hydroxylation is 1. The van der Waals surface area contributed by atoms with Crippen molar-refractivity contribution in [2.24, 2.45) is 0 Å². The van der Waals surface area contributed by atoms with Gasteiger partial charge in [-0.3, -0.25) is 4.79 Å². The number of phenolic OH excluding ortho intramolecular Hbond substituents is 1. The van der Waals surface area contributed by atoms with Crippen LogP contribution in [0.2, 0.25) is 5.02 Å². The minimum atomic E-state index is -0.273. The summed E-state index contributed by atoms with van der Waals surface area (Å²) in [4.78, 5) is 17.4. The third-order valence-electron chi connectivity index (χ3n) is 4.97. The molecule has 9 heteroatoms. The van der Waals surface area contributed by atoms with Crippen molar-refractivity contribution >= 4 is 45.9 Å². The van der Waals surface area contributed by atoms with E-state index < -0.39 is 0 Å². The van der Waals surface area contributed by atoms with Crippen LogP contribution < -0.4 is 5.32 Å². The summed E-state index contributed by atoms with van der Waals surface area (Å²) in [6.07, 6.45) is 5.89. The summed E-state index contributed by atoms with van der Waals surface area (Å²) in [6.45, 7) is 2.86. The average Bonchev–Trinajstić information content (AvgIpc) is 3.41. The fourth-order valence-corrected chi connectivity index (χ4v) is 4.10. The molecule has 0 bridgehead atoms. The van der Waals surface area contributed by atoms with Crippen LogP contribution in [0, 0.1) is 0 Å². The van der Waals surface area contributed by atoms with Crippen LogP contribution in [0.1, 0.15) is 43.0 Å². The highest BCUT2D eigenvalue weighted by Crippen LogP contribution is 2.33. The van der Waals surface area contributed by atoms with Crippen molar-refractivity contribution in [3.63, 3.8) is 0 Å². The van der Waals surface area contributed by atoms with Gasteiger partial charge in [0.25, 0.3) is 5.91 Å². The van der Waals surface area contributed by atoms with Crippen LogP contribution in [-0.4, -0.2) is 30.2 Å². The Hall–Kier alpha value is -2.97. The van der Waals surface area contributed by atoms with Gasteiger partial charge in [0.1, 0.15) is 5.75 Å². The van der Waals surface area contributed by atoms with E-state index in [-0.39, 0.29) is 11.7 Å². The molecule has 0 radical (unpaired) electrons. The molecule has 4 rings (SSSR count). The zero-order valence-corrected chi connectivity index (χ0v) is 18.6. The molecule has 0 aliphatic rings. The Kier molecular flexibility index (Phi) is 6.48. The summed E-state index contributed by atoms with van der Waals surface area (Å²) in [6, 6.07) is 8.51. The second kappa shape index (κ2) is 9.45. The largest absolute Gasteiger partial charge is 0.508 e. The number of hydrogen-bond donors (Lipinski definition) is 2. The standard InChI is InChI=1S/C22H22ClN5O2S/c1-2-3-4-5-10-28-21-17(20(27-28)26-22(30)15-12-24-31-13-15)11-18(23)19(25-21)14-6-8-16(29)9-7-14/h6-9,11-13,29H,2-5,10H2,1H3,(H,26,27,30). The van der Waals surface area contributed by atoms with Crippen molar-refractivity contribution in [3.8, 4) is 17.0 Å². The number of benzene rings is 1. The summed E-state index contributed by atoms with van der Waals surface area (Å²) in [7, 11) is 0. The number of rotatable bonds is 8. The van der Waals surface area contributed by atoms with Gasteiger partial charge >= 0.3 is 0 Å². The monoisotopic (exact) mass is 455 g/mol. The first-order valence-electron chi connectivity index (χ1n) is 10.1. The molecule has 0 atom stereocenters. The zero-order chi connectivity index (χ0) is 21.8. The van der Waals surface area contributed by atoms with E-state index in [9.17, 15) is 9.90 Å². The number of phenols is 1. The van der Waals surface area contributed by atoms with E-state index in [1.165, 1.54) is 17.7 Å². The molecule has 2 N–H and O–H groups in total. The van der Waals surface area contributed by atoms with Gasteiger partial charge < -0.3 is 10.4 Å². The molecule has 0 unspecified atom stereocenters. The topological polar surface area (TPSA) is 92.9 Å². The number of hydrogen-bond acceptors (Lipinski definition) is 6. The lowest BCUT2D eigenvalue weighted by Crippen LogP contribution is -2.12. The van der Waals surface area contributed by atoms with Crippen molar-refractivity contribution in [1.82, 2.24) is 19.1 Å². The number of anilines is 1. The number of aromatic nitrogens is 4. The van der Waals surface area contributed by atoms with Crippen LogP contribution >= 0.6 is 23.1 Å². The van der Waals surface area contributed by atoms with Gasteiger partial charge in [-0.05, 0) is 48.3 Å². The molecule has 1 aromatic carbocycles. The lowest BCUT2D eigenvalue weighted by atomic mass is 10.1. The molecule has 0 saturated carbocycles. The second-order valence-corrected chi connectivity index (χ2v) is 8.30. The summed E-state index contributed by atoms with van der Waals surface area (Å²) in [5, 5.41) is 19.9. The Balaban J connectivity index is 1.74. The van der Waals surface area contributed by atoms with E-state index in [4.69, 9.17) is 16.6 Å². The molecule has 7 nitrogen and oxygen atoms in total. The number of pyridine rings is 1. The highest BCUT2D eigenvalue weighted by Gasteiger charge is 2.19.